The van der Waals surface area contributed by atoms with Gasteiger partial charge in [0.05, 0.1) is 0 Å². The van der Waals surface area contributed by atoms with Crippen molar-refractivity contribution in [3.63, 3.8) is 0 Å². The lowest BCUT2D eigenvalue weighted by Crippen LogP contribution is -2.26. The van der Waals surface area contributed by atoms with Gasteiger partial charge in [0.25, 0.3) is 5.91 Å². The van der Waals surface area contributed by atoms with Gasteiger partial charge in [-0.1, -0.05) is 37.3 Å². The Morgan fingerprint density at radius 1 is 1.18 bits per heavy atom. The first kappa shape index (κ1) is 16.0. The predicted molar refractivity (Wildman–Crippen MR) is 90.0 cm³/mol. The molecule has 1 N–H and O–H groups in total. The van der Waals surface area contributed by atoms with E-state index in [-0.39, 0.29) is 5.91 Å². The van der Waals surface area contributed by atoms with Crippen molar-refractivity contribution < 1.29 is 4.79 Å². The van der Waals surface area contributed by atoms with E-state index >= 15 is 0 Å². The van der Waals surface area contributed by atoms with E-state index in [0.717, 1.165) is 25.2 Å². The third-order valence-corrected chi connectivity index (χ3v) is 3.47. The quantitative estimate of drug-likeness (QED) is 0.853. The fourth-order valence-electron chi connectivity index (χ4n) is 2.26. The van der Waals surface area contributed by atoms with E-state index in [2.05, 4.69) is 34.3 Å². The number of hydrogen-bond acceptors (Lipinski definition) is 3. The van der Waals surface area contributed by atoms with E-state index < -0.39 is 0 Å². The van der Waals surface area contributed by atoms with Gasteiger partial charge in [0.15, 0.2) is 0 Å². The summed E-state index contributed by atoms with van der Waals surface area (Å²) in [6, 6.07) is 14.1. The Labute approximate surface area is 132 Å². The van der Waals surface area contributed by atoms with E-state index in [1.165, 1.54) is 5.56 Å². The molecular formula is C18H23N3O. The first-order valence-electron chi connectivity index (χ1n) is 7.77. The van der Waals surface area contributed by atoms with E-state index in [9.17, 15) is 4.79 Å². The van der Waals surface area contributed by atoms with Crippen LogP contribution in [0.1, 0.15) is 36.3 Å². The number of amides is 1. The van der Waals surface area contributed by atoms with Gasteiger partial charge in [-0.05, 0) is 31.0 Å². The summed E-state index contributed by atoms with van der Waals surface area (Å²) in [4.78, 5) is 18.4. The van der Waals surface area contributed by atoms with Crippen molar-refractivity contribution in [3.8, 4) is 0 Å². The normalized spacial score (nSPS) is 10.3. The van der Waals surface area contributed by atoms with Crippen LogP contribution in [0.3, 0.4) is 0 Å². The number of rotatable bonds is 7. The lowest BCUT2D eigenvalue weighted by molar-refractivity contribution is 0.0948. The molecule has 0 aliphatic rings. The smallest absolute Gasteiger partial charge is 0.269 e. The van der Waals surface area contributed by atoms with Crippen molar-refractivity contribution in [1.82, 2.24) is 10.3 Å². The van der Waals surface area contributed by atoms with Gasteiger partial charge < -0.3 is 10.2 Å². The van der Waals surface area contributed by atoms with Crippen molar-refractivity contribution >= 4 is 11.6 Å². The second-order valence-electron chi connectivity index (χ2n) is 5.15. The fraction of sp³-hybridized carbons (Fsp3) is 0.333. The van der Waals surface area contributed by atoms with Crippen LogP contribution in [0, 0.1) is 0 Å². The number of pyridine rings is 1. The Morgan fingerprint density at radius 3 is 2.64 bits per heavy atom. The van der Waals surface area contributed by atoms with Gasteiger partial charge in [-0.25, -0.2) is 0 Å². The summed E-state index contributed by atoms with van der Waals surface area (Å²) in [5.74, 6) is -0.112. The minimum atomic E-state index is -0.112. The number of carbonyl (C=O) groups excluding carboxylic acids is 1. The van der Waals surface area contributed by atoms with Gasteiger partial charge in [-0.3, -0.25) is 9.78 Å². The first-order valence-corrected chi connectivity index (χ1v) is 7.77. The molecule has 22 heavy (non-hydrogen) atoms. The Hall–Kier alpha value is -2.36. The summed E-state index contributed by atoms with van der Waals surface area (Å²) in [5.41, 5.74) is 2.73. The highest BCUT2D eigenvalue weighted by Gasteiger charge is 2.10. The van der Waals surface area contributed by atoms with Crippen molar-refractivity contribution in [2.45, 2.75) is 26.8 Å². The molecule has 4 nitrogen and oxygen atoms in total. The van der Waals surface area contributed by atoms with E-state index in [0.29, 0.717) is 12.2 Å². The van der Waals surface area contributed by atoms with Crippen molar-refractivity contribution in [2.24, 2.45) is 0 Å². The van der Waals surface area contributed by atoms with Crippen LogP contribution in [0.2, 0.25) is 0 Å². The number of carbonyl (C=O) groups is 1. The zero-order valence-electron chi connectivity index (χ0n) is 13.2. The molecule has 1 heterocycles. The maximum atomic E-state index is 12.0. The van der Waals surface area contributed by atoms with Gasteiger partial charge >= 0.3 is 0 Å². The minimum Gasteiger partial charge on any atom is -0.367 e. The van der Waals surface area contributed by atoms with Crippen LogP contribution in [0.5, 0.6) is 0 Å². The SMILES string of the molecule is CCCNC(=O)c1cc(N(CC)Cc2ccccc2)ccn1. The van der Waals surface area contributed by atoms with Crippen LogP contribution in [0.4, 0.5) is 5.69 Å². The van der Waals surface area contributed by atoms with Gasteiger partial charge in [0.2, 0.25) is 0 Å². The topological polar surface area (TPSA) is 45.2 Å². The second kappa shape index (κ2) is 8.17. The van der Waals surface area contributed by atoms with Gasteiger partial charge in [0.1, 0.15) is 5.69 Å². The lowest BCUT2D eigenvalue weighted by Gasteiger charge is -2.23. The molecule has 0 aliphatic carbocycles. The zero-order valence-corrected chi connectivity index (χ0v) is 13.2. The maximum absolute atomic E-state index is 12.0. The molecule has 0 fully saturated rings. The third kappa shape index (κ3) is 4.32. The second-order valence-corrected chi connectivity index (χ2v) is 5.15. The summed E-state index contributed by atoms with van der Waals surface area (Å²) in [5, 5.41) is 2.86. The molecular weight excluding hydrogens is 274 g/mol. The number of aromatic nitrogens is 1. The first-order chi connectivity index (χ1) is 10.7. The molecule has 0 radical (unpaired) electrons. The molecule has 0 spiro atoms. The van der Waals surface area contributed by atoms with Crippen molar-refractivity contribution in [2.75, 3.05) is 18.0 Å². The molecule has 4 heteroatoms. The molecule has 1 aromatic heterocycles. The molecule has 0 aliphatic heterocycles. The highest BCUT2D eigenvalue weighted by molar-refractivity contribution is 5.93. The summed E-state index contributed by atoms with van der Waals surface area (Å²) in [6.45, 7) is 6.50. The number of anilines is 1. The third-order valence-electron chi connectivity index (χ3n) is 3.47. The number of nitrogens with one attached hydrogen (secondary N) is 1. The molecule has 1 amide bonds. The Kier molecular flexibility index (Phi) is 5.95. The number of benzene rings is 1. The zero-order chi connectivity index (χ0) is 15.8. The Bertz CT molecular complexity index is 598. The summed E-state index contributed by atoms with van der Waals surface area (Å²) < 4.78 is 0. The molecule has 0 saturated heterocycles. The standard InChI is InChI=1S/C18H23N3O/c1-3-11-20-18(22)17-13-16(10-12-19-17)21(4-2)14-15-8-6-5-7-9-15/h5-10,12-13H,3-4,11,14H2,1-2H3,(H,20,22). The average molecular weight is 297 g/mol. The summed E-state index contributed by atoms with van der Waals surface area (Å²) in [6.07, 6.45) is 2.62. The number of hydrogen-bond donors (Lipinski definition) is 1. The van der Waals surface area contributed by atoms with Crippen LogP contribution in [0.25, 0.3) is 0 Å². The van der Waals surface area contributed by atoms with Crippen LogP contribution in [-0.4, -0.2) is 24.0 Å². The Balaban J connectivity index is 2.14. The molecule has 116 valence electrons. The van der Waals surface area contributed by atoms with Crippen molar-refractivity contribution in [1.29, 1.82) is 0 Å². The highest BCUT2D eigenvalue weighted by Crippen LogP contribution is 2.17. The van der Waals surface area contributed by atoms with E-state index in [1.54, 1.807) is 6.20 Å². The van der Waals surface area contributed by atoms with Gasteiger partial charge in [-0.15, -0.1) is 0 Å². The monoisotopic (exact) mass is 297 g/mol. The van der Waals surface area contributed by atoms with Gasteiger partial charge in [-0.2, -0.15) is 0 Å². The molecule has 0 bridgehead atoms. The Morgan fingerprint density at radius 2 is 1.95 bits per heavy atom. The van der Waals surface area contributed by atoms with E-state index in [1.807, 2.05) is 37.3 Å². The molecule has 2 aromatic rings. The van der Waals surface area contributed by atoms with Crippen LogP contribution < -0.4 is 10.2 Å². The predicted octanol–water partition coefficient (Wildman–Crippen LogP) is 3.25. The van der Waals surface area contributed by atoms with Crippen LogP contribution in [-0.2, 0) is 6.54 Å². The minimum absolute atomic E-state index is 0.112. The fourth-order valence-corrected chi connectivity index (χ4v) is 2.26. The van der Waals surface area contributed by atoms with Crippen LogP contribution >= 0.6 is 0 Å². The average Bonchev–Trinajstić information content (AvgIpc) is 2.58. The maximum Gasteiger partial charge on any atom is 0.269 e. The van der Waals surface area contributed by atoms with E-state index in [4.69, 9.17) is 0 Å². The lowest BCUT2D eigenvalue weighted by atomic mass is 10.2. The van der Waals surface area contributed by atoms with Crippen LogP contribution in [0.15, 0.2) is 48.7 Å². The van der Waals surface area contributed by atoms with Gasteiger partial charge in [0, 0.05) is 31.5 Å². The molecule has 1 aromatic carbocycles. The highest BCUT2D eigenvalue weighted by atomic mass is 16.1. The van der Waals surface area contributed by atoms with Crippen molar-refractivity contribution in [3.05, 3.63) is 59.9 Å². The molecule has 2 rings (SSSR count). The number of nitrogens with zero attached hydrogens (tertiary/aromatic N) is 2. The molecule has 0 unspecified atom stereocenters. The summed E-state index contributed by atoms with van der Waals surface area (Å²) >= 11 is 0. The molecule has 0 saturated carbocycles. The molecule has 0 atom stereocenters. The largest absolute Gasteiger partial charge is 0.367 e. The summed E-state index contributed by atoms with van der Waals surface area (Å²) in [7, 11) is 0.